The van der Waals surface area contributed by atoms with Gasteiger partial charge in [0.25, 0.3) is 0 Å². The standard InChI is InChI=1S/C20H20N4O2/c1-14-4-5-17-16(13-14)3-2-12-24(17)19(25)7-6-18-22-20(23-26-18)15-8-10-21-11-9-15/h4-5,8-11,13H,2-3,6-7,12H2,1H3. The fraction of sp³-hybridized carbons (Fsp3) is 0.300. The van der Waals surface area contributed by atoms with Gasteiger partial charge in [-0.2, -0.15) is 4.98 Å². The Labute approximate surface area is 151 Å². The van der Waals surface area contributed by atoms with E-state index in [-0.39, 0.29) is 5.91 Å². The molecule has 0 unspecified atom stereocenters. The lowest BCUT2D eigenvalue weighted by atomic mass is 9.99. The molecule has 4 rings (SSSR count). The topological polar surface area (TPSA) is 72.1 Å². The Hall–Kier alpha value is -3.02. The number of hydrogen-bond acceptors (Lipinski definition) is 5. The number of benzene rings is 1. The summed E-state index contributed by atoms with van der Waals surface area (Å²) in [6, 6.07) is 9.94. The van der Waals surface area contributed by atoms with Gasteiger partial charge in [0.2, 0.25) is 17.6 Å². The fourth-order valence-electron chi connectivity index (χ4n) is 3.31. The Balaban J connectivity index is 1.43. The van der Waals surface area contributed by atoms with Crippen LogP contribution < -0.4 is 4.90 Å². The number of amides is 1. The summed E-state index contributed by atoms with van der Waals surface area (Å²) >= 11 is 0. The van der Waals surface area contributed by atoms with E-state index in [1.807, 2.05) is 17.0 Å². The molecule has 1 aliphatic rings. The van der Waals surface area contributed by atoms with Gasteiger partial charge in [0.05, 0.1) is 0 Å². The van der Waals surface area contributed by atoms with Gasteiger partial charge in [0, 0.05) is 43.0 Å². The number of rotatable bonds is 4. The van der Waals surface area contributed by atoms with Gasteiger partial charge < -0.3 is 9.42 Å². The lowest BCUT2D eigenvalue weighted by Gasteiger charge is -2.29. The van der Waals surface area contributed by atoms with Crippen molar-refractivity contribution in [1.82, 2.24) is 15.1 Å². The van der Waals surface area contributed by atoms with Crippen molar-refractivity contribution >= 4 is 11.6 Å². The maximum Gasteiger partial charge on any atom is 0.227 e. The van der Waals surface area contributed by atoms with Crippen LogP contribution in [-0.2, 0) is 17.6 Å². The van der Waals surface area contributed by atoms with E-state index in [0.29, 0.717) is 24.6 Å². The van der Waals surface area contributed by atoms with Gasteiger partial charge in [-0.15, -0.1) is 0 Å². The molecule has 132 valence electrons. The molecule has 0 atom stereocenters. The van der Waals surface area contributed by atoms with Gasteiger partial charge in [0.15, 0.2) is 0 Å². The predicted octanol–water partition coefficient (Wildman–Crippen LogP) is 3.35. The van der Waals surface area contributed by atoms with Crippen molar-refractivity contribution in [3.8, 4) is 11.4 Å². The van der Waals surface area contributed by atoms with Crippen molar-refractivity contribution in [2.24, 2.45) is 0 Å². The highest BCUT2D eigenvalue weighted by Crippen LogP contribution is 2.28. The second kappa shape index (κ2) is 7.07. The van der Waals surface area contributed by atoms with Gasteiger partial charge >= 0.3 is 0 Å². The molecule has 26 heavy (non-hydrogen) atoms. The van der Waals surface area contributed by atoms with Gasteiger partial charge in [-0.05, 0) is 43.5 Å². The molecule has 6 heteroatoms. The summed E-state index contributed by atoms with van der Waals surface area (Å²) in [5, 5.41) is 3.98. The third kappa shape index (κ3) is 3.35. The molecule has 0 aliphatic carbocycles. The SMILES string of the molecule is Cc1ccc2c(c1)CCCN2C(=O)CCc1nc(-c2ccncc2)no1. The number of aryl methyl sites for hydroxylation is 3. The van der Waals surface area contributed by atoms with E-state index < -0.39 is 0 Å². The van der Waals surface area contributed by atoms with Gasteiger partial charge in [-0.25, -0.2) is 0 Å². The number of carbonyl (C=O) groups excluding carboxylic acids is 1. The third-order valence-corrected chi connectivity index (χ3v) is 4.61. The van der Waals surface area contributed by atoms with Crippen molar-refractivity contribution in [2.45, 2.75) is 32.6 Å². The number of pyridine rings is 1. The number of hydrogen-bond donors (Lipinski definition) is 0. The molecule has 1 aromatic carbocycles. The number of anilines is 1. The van der Waals surface area contributed by atoms with Gasteiger partial charge in [0.1, 0.15) is 0 Å². The summed E-state index contributed by atoms with van der Waals surface area (Å²) in [5.74, 6) is 1.10. The summed E-state index contributed by atoms with van der Waals surface area (Å²) in [7, 11) is 0. The first kappa shape index (κ1) is 16.4. The maximum absolute atomic E-state index is 12.7. The highest BCUT2D eigenvalue weighted by molar-refractivity contribution is 5.94. The average molecular weight is 348 g/mol. The zero-order chi connectivity index (χ0) is 17.9. The van der Waals surface area contributed by atoms with E-state index in [4.69, 9.17) is 4.52 Å². The predicted molar refractivity (Wildman–Crippen MR) is 97.7 cm³/mol. The molecule has 1 aliphatic heterocycles. The largest absolute Gasteiger partial charge is 0.339 e. The van der Waals surface area contributed by atoms with Crippen molar-refractivity contribution in [2.75, 3.05) is 11.4 Å². The molecule has 2 aromatic heterocycles. The zero-order valence-electron chi connectivity index (χ0n) is 14.7. The first-order valence-electron chi connectivity index (χ1n) is 8.83. The molecule has 1 amide bonds. The second-order valence-corrected chi connectivity index (χ2v) is 6.53. The number of aromatic nitrogens is 3. The molecule has 0 bridgehead atoms. The zero-order valence-corrected chi connectivity index (χ0v) is 14.7. The number of fused-ring (bicyclic) bond motifs is 1. The van der Waals surface area contributed by atoms with Crippen molar-refractivity contribution in [3.63, 3.8) is 0 Å². The molecular formula is C20H20N4O2. The van der Waals surface area contributed by atoms with Crippen molar-refractivity contribution in [1.29, 1.82) is 0 Å². The Morgan fingerprint density at radius 1 is 1.23 bits per heavy atom. The molecule has 0 N–H and O–H groups in total. The quantitative estimate of drug-likeness (QED) is 0.723. The average Bonchev–Trinajstić information content (AvgIpc) is 3.15. The minimum absolute atomic E-state index is 0.0958. The van der Waals surface area contributed by atoms with Gasteiger partial charge in [-0.1, -0.05) is 22.9 Å². The first-order valence-corrected chi connectivity index (χ1v) is 8.83. The van der Waals surface area contributed by atoms with Gasteiger partial charge in [-0.3, -0.25) is 9.78 Å². The summed E-state index contributed by atoms with van der Waals surface area (Å²) in [6.45, 7) is 2.85. The van der Waals surface area contributed by atoms with Crippen LogP contribution in [0.3, 0.4) is 0 Å². The van der Waals surface area contributed by atoms with Crippen LogP contribution in [0.25, 0.3) is 11.4 Å². The number of carbonyl (C=O) groups is 1. The molecule has 0 radical (unpaired) electrons. The summed E-state index contributed by atoms with van der Waals surface area (Å²) in [4.78, 5) is 23.0. The van der Waals surface area contributed by atoms with Crippen LogP contribution in [0.15, 0.2) is 47.2 Å². The normalized spacial score (nSPS) is 13.5. The van der Waals surface area contributed by atoms with Crippen LogP contribution in [0, 0.1) is 6.92 Å². The summed E-state index contributed by atoms with van der Waals surface area (Å²) in [5.41, 5.74) is 4.37. The number of nitrogens with zero attached hydrogens (tertiary/aromatic N) is 4. The summed E-state index contributed by atoms with van der Waals surface area (Å²) < 4.78 is 5.29. The van der Waals surface area contributed by atoms with E-state index in [9.17, 15) is 4.79 Å². The lowest BCUT2D eigenvalue weighted by Crippen LogP contribution is -2.35. The second-order valence-electron chi connectivity index (χ2n) is 6.53. The van der Waals surface area contributed by atoms with Crippen molar-refractivity contribution in [3.05, 3.63) is 59.7 Å². The molecule has 0 fully saturated rings. The highest BCUT2D eigenvalue weighted by atomic mass is 16.5. The third-order valence-electron chi connectivity index (χ3n) is 4.61. The molecule has 0 spiro atoms. The van der Waals surface area contributed by atoms with Crippen LogP contribution in [-0.4, -0.2) is 27.6 Å². The maximum atomic E-state index is 12.7. The first-order chi connectivity index (χ1) is 12.7. The van der Waals surface area contributed by atoms with Crippen LogP contribution in [0.4, 0.5) is 5.69 Å². The molecule has 3 aromatic rings. The van der Waals surface area contributed by atoms with Crippen LogP contribution in [0.1, 0.15) is 29.9 Å². The van der Waals surface area contributed by atoms with Crippen LogP contribution in [0.5, 0.6) is 0 Å². The highest BCUT2D eigenvalue weighted by Gasteiger charge is 2.23. The lowest BCUT2D eigenvalue weighted by molar-refractivity contribution is -0.118. The smallest absolute Gasteiger partial charge is 0.227 e. The van der Waals surface area contributed by atoms with E-state index in [0.717, 1.165) is 30.6 Å². The van der Waals surface area contributed by atoms with E-state index in [1.165, 1.54) is 11.1 Å². The van der Waals surface area contributed by atoms with E-state index in [1.54, 1.807) is 12.4 Å². The molecule has 3 heterocycles. The monoisotopic (exact) mass is 348 g/mol. The van der Waals surface area contributed by atoms with Crippen molar-refractivity contribution < 1.29 is 9.32 Å². The van der Waals surface area contributed by atoms with E-state index in [2.05, 4.69) is 40.2 Å². The Bertz CT molecular complexity index is 921. The molecule has 0 saturated heterocycles. The van der Waals surface area contributed by atoms with Crippen LogP contribution in [0.2, 0.25) is 0 Å². The van der Waals surface area contributed by atoms with E-state index >= 15 is 0 Å². The Kier molecular flexibility index (Phi) is 4.48. The summed E-state index contributed by atoms with van der Waals surface area (Å²) in [6.07, 6.45) is 6.18. The molecule has 6 nitrogen and oxygen atoms in total. The Morgan fingerprint density at radius 2 is 2.08 bits per heavy atom. The Morgan fingerprint density at radius 3 is 2.92 bits per heavy atom. The fourth-order valence-corrected chi connectivity index (χ4v) is 3.31. The minimum Gasteiger partial charge on any atom is -0.339 e. The molecular weight excluding hydrogens is 328 g/mol. The molecule has 0 saturated carbocycles. The van der Waals surface area contributed by atoms with Crippen LogP contribution >= 0.6 is 0 Å². The minimum atomic E-state index is 0.0958.